The van der Waals surface area contributed by atoms with Crippen molar-refractivity contribution in [2.24, 2.45) is 15.2 Å². The average Bonchev–Trinajstić information content (AvgIpc) is 2.53. The van der Waals surface area contributed by atoms with E-state index in [1.54, 1.807) is 24.5 Å². The van der Waals surface area contributed by atoms with Gasteiger partial charge in [-0.1, -0.05) is 54.2 Å². The molecule has 1 aliphatic rings. The Bertz CT molecular complexity index is 591. The molecule has 1 aliphatic heterocycles. The van der Waals surface area contributed by atoms with E-state index in [1.165, 1.54) is 6.34 Å². The first-order valence-corrected chi connectivity index (χ1v) is 7.92. The van der Waals surface area contributed by atoms with Crippen LogP contribution in [0.3, 0.4) is 0 Å². The van der Waals surface area contributed by atoms with Gasteiger partial charge in [-0.25, -0.2) is 4.99 Å². The van der Waals surface area contributed by atoms with Gasteiger partial charge in [0.05, 0.1) is 12.9 Å². The molecule has 2 rings (SSSR count). The van der Waals surface area contributed by atoms with Gasteiger partial charge in [0.1, 0.15) is 18.5 Å². The quantitative estimate of drug-likeness (QED) is 0.687. The fourth-order valence-electron chi connectivity index (χ4n) is 2.53. The molecule has 0 aromatic heterocycles. The molecule has 1 unspecified atom stereocenters. The molecule has 1 aromatic rings. The van der Waals surface area contributed by atoms with Gasteiger partial charge in [-0.15, -0.1) is 4.91 Å². The van der Waals surface area contributed by atoms with Gasteiger partial charge in [0, 0.05) is 15.6 Å². The van der Waals surface area contributed by atoms with Crippen molar-refractivity contribution in [3.8, 4) is 0 Å². The van der Waals surface area contributed by atoms with Crippen LogP contribution in [-0.4, -0.2) is 30.8 Å². The number of rotatable bonds is 7. The summed E-state index contributed by atoms with van der Waals surface area (Å²) in [6.07, 6.45) is 5.62. The summed E-state index contributed by atoms with van der Waals surface area (Å²) in [4.78, 5) is 21.7. The van der Waals surface area contributed by atoms with Crippen LogP contribution in [-0.2, 0) is 5.54 Å². The van der Waals surface area contributed by atoms with Gasteiger partial charge in [0.15, 0.2) is 0 Å². The third-order valence-corrected chi connectivity index (χ3v) is 4.21. The smallest absolute Gasteiger partial charge is 0.146 e. The maximum Gasteiger partial charge on any atom is 0.146 e. The SMILES string of the molecule is CCCCC(CN1C=NC=NC1)(N=O)c1ccc(Cl)cc1Cl. The van der Waals surface area contributed by atoms with Crippen LogP contribution in [0.25, 0.3) is 0 Å². The normalized spacial score (nSPS) is 16.6. The molecule has 0 radical (unpaired) electrons. The maximum absolute atomic E-state index is 11.8. The Morgan fingerprint density at radius 3 is 2.82 bits per heavy atom. The molecular formula is C15H18Cl2N4O. The van der Waals surface area contributed by atoms with E-state index in [0.717, 1.165) is 12.8 Å². The zero-order valence-corrected chi connectivity index (χ0v) is 13.9. The predicted molar refractivity (Wildman–Crippen MR) is 92.0 cm³/mol. The van der Waals surface area contributed by atoms with Crippen molar-refractivity contribution in [3.63, 3.8) is 0 Å². The van der Waals surface area contributed by atoms with Gasteiger partial charge in [-0.3, -0.25) is 4.99 Å². The highest BCUT2D eigenvalue weighted by molar-refractivity contribution is 6.35. The first-order chi connectivity index (χ1) is 10.6. The van der Waals surface area contributed by atoms with Gasteiger partial charge >= 0.3 is 0 Å². The molecule has 118 valence electrons. The second kappa shape index (κ2) is 7.70. The van der Waals surface area contributed by atoms with Crippen LogP contribution in [0.1, 0.15) is 31.7 Å². The zero-order chi connectivity index (χ0) is 16.0. The minimum Gasteiger partial charge on any atom is -0.340 e. The highest BCUT2D eigenvalue weighted by Crippen LogP contribution is 2.38. The summed E-state index contributed by atoms with van der Waals surface area (Å²) in [7, 11) is 0. The molecule has 5 nitrogen and oxygen atoms in total. The number of nitroso groups, excluding NO2 is 1. The molecule has 0 saturated carbocycles. The molecule has 7 heteroatoms. The Labute approximate surface area is 140 Å². The number of halogens is 2. The third-order valence-electron chi connectivity index (χ3n) is 3.66. The summed E-state index contributed by atoms with van der Waals surface area (Å²) in [5, 5.41) is 4.47. The van der Waals surface area contributed by atoms with E-state index in [-0.39, 0.29) is 0 Å². The van der Waals surface area contributed by atoms with Gasteiger partial charge in [-0.2, -0.15) is 0 Å². The van der Waals surface area contributed by atoms with Crippen molar-refractivity contribution >= 4 is 35.9 Å². The van der Waals surface area contributed by atoms with Crippen molar-refractivity contribution in [2.45, 2.75) is 31.7 Å². The summed E-state index contributed by atoms with van der Waals surface area (Å²) in [5.74, 6) is 0. The Morgan fingerprint density at radius 2 is 2.23 bits per heavy atom. The molecule has 0 saturated heterocycles. The second-order valence-electron chi connectivity index (χ2n) is 5.30. The van der Waals surface area contributed by atoms with Crippen LogP contribution in [0.4, 0.5) is 0 Å². The topological polar surface area (TPSA) is 57.4 Å². The highest BCUT2D eigenvalue weighted by Gasteiger charge is 2.37. The van der Waals surface area contributed by atoms with E-state index in [9.17, 15) is 4.91 Å². The van der Waals surface area contributed by atoms with Crippen molar-refractivity contribution in [3.05, 3.63) is 38.7 Å². The zero-order valence-electron chi connectivity index (χ0n) is 12.4. The molecule has 1 aromatic carbocycles. The van der Waals surface area contributed by atoms with E-state index >= 15 is 0 Å². The fraction of sp³-hybridized carbons (Fsp3) is 0.467. The van der Waals surface area contributed by atoms with Crippen molar-refractivity contribution < 1.29 is 0 Å². The van der Waals surface area contributed by atoms with Gasteiger partial charge in [0.25, 0.3) is 0 Å². The molecule has 0 fully saturated rings. The summed E-state index contributed by atoms with van der Waals surface area (Å²) < 4.78 is 0. The number of hydrogen-bond acceptors (Lipinski definition) is 5. The Kier molecular flexibility index (Phi) is 5.91. The lowest BCUT2D eigenvalue weighted by Gasteiger charge is -2.33. The standard InChI is InChI=1S/C15H18Cl2N4O/c1-2-3-6-15(20-22,8-21-10-18-9-19-11-21)13-5-4-12(16)7-14(13)17/h4-5,7,9-10H,2-3,6,8,11H2,1H3. The maximum atomic E-state index is 11.8. The molecular weight excluding hydrogens is 323 g/mol. The van der Waals surface area contributed by atoms with E-state index in [0.29, 0.717) is 35.2 Å². The van der Waals surface area contributed by atoms with Crippen molar-refractivity contribution in [1.29, 1.82) is 0 Å². The van der Waals surface area contributed by atoms with E-state index in [1.807, 2.05) is 4.90 Å². The van der Waals surface area contributed by atoms with Gasteiger partial charge in [-0.05, 0) is 18.6 Å². The average molecular weight is 341 g/mol. The summed E-state index contributed by atoms with van der Waals surface area (Å²) in [6, 6.07) is 5.16. The molecule has 0 aliphatic carbocycles. The number of hydrogen-bond donors (Lipinski definition) is 0. The summed E-state index contributed by atoms with van der Waals surface area (Å²) in [5.41, 5.74) is -0.235. The Morgan fingerprint density at radius 1 is 1.41 bits per heavy atom. The number of aliphatic imine (C=N–C) groups is 2. The van der Waals surface area contributed by atoms with Gasteiger partial charge < -0.3 is 4.90 Å². The first kappa shape index (κ1) is 16.9. The molecule has 1 atom stereocenters. The van der Waals surface area contributed by atoms with Crippen molar-refractivity contribution in [1.82, 2.24) is 4.90 Å². The molecule has 0 N–H and O–H groups in total. The lowest BCUT2D eigenvalue weighted by atomic mass is 9.85. The van der Waals surface area contributed by atoms with Crippen LogP contribution >= 0.6 is 23.2 Å². The monoisotopic (exact) mass is 340 g/mol. The third kappa shape index (κ3) is 3.84. The second-order valence-corrected chi connectivity index (χ2v) is 6.15. The highest BCUT2D eigenvalue weighted by atomic mass is 35.5. The molecule has 22 heavy (non-hydrogen) atoms. The number of benzene rings is 1. The van der Waals surface area contributed by atoms with E-state index in [4.69, 9.17) is 23.2 Å². The van der Waals surface area contributed by atoms with Crippen LogP contribution in [0, 0.1) is 4.91 Å². The van der Waals surface area contributed by atoms with Crippen LogP contribution in [0.2, 0.25) is 10.0 Å². The van der Waals surface area contributed by atoms with Crippen LogP contribution < -0.4 is 0 Å². The lowest BCUT2D eigenvalue weighted by molar-refractivity contribution is 0.286. The van der Waals surface area contributed by atoms with Gasteiger partial charge in [0.2, 0.25) is 0 Å². The fourth-order valence-corrected chi connectivity index (χ4v) is 3.12. The molecule has 0 amide bonds. The van der Waals surface area contributed by atoms with E-state index in [2.05, 4.69) is 22.1 Å². The predicted octanol–water partition coefficient (Wildman–Crippen LogP) is 4.48. The van der Waals surface area contributed by atoms with Crippen molar-refractivity contribution in [2.75, 3.05) is 13.2 Å². The van der Waals surface area contributed by atoms with E-state index < -0.39 is 5.54 Å². The first-order valence-electron chi connectivity index (χ1n) is 7.17. The number of nitrogens with zero attached hydrogens (tertiary/aromatic N) is 4. The molecule has 0 spiro atoms. The minimum atomic E-state index is -0.934. The Hall–Kier alpha value is -1.46. The minimum absolute atomic E-state index is 0.388. The van der Waals surface area contributed by atoms with Crippen LogP contribution in [0.5, 0.6) is 0 Å². The Balaban J connectivity index is 2.36. The summed E-state index contributed by atoms with van der Waals surface area (Å²) >= 11 is 12.3. The molecule has 0 bridgehead atoms. The number of unbranched alkanes of at least 4 members (excludes halogenated alkanes) is 1. The summed E-state index contributed by atoms with van der Waals surface area (Å²) in [6.45, 7) is 2.92. The molecule has 1 heterocycles. The van der Waals surface area contributed by atoms with Crippen LogP contribution in [0.15, 0.2) is 33.4 Å². The lowest BCUT2D eigenvalue weighted by Crippen LogP contribution is -2.40. The largest absolute Gasteiger partial charge is 0.340 e.